The first kappa shape index (κ1) is 15.3. The normalized spacial score (nSPS) is 27.5. The summed E-state index contributed by atoms with van der Waals surface area (Å²) in [5, 5.41) is 7.24. The third-order valence-electron chi connectivity index (χ3n) is 4.62. The maximum Gasteiger partial charge on any atom is 0.0388 e. The molecule has 4 heteroatoms. The van der Waals surface area contributed by atoms with Gasteiger partial charge in [-0.2, -0.15) is 0 Å². The van der Waals surface area contributed by atoms with E-state index in [1.807, 2.05) is 0 Å². The standard InChI is InChI=1S/C17H26BrN3/c18-15-5-1-6-16(10-15)20-17-7-3-9-21(13-17)12-14-4-2-8-19-11-14/h1,5-6,10,14,17,19-20H,2-4,7-9,11-13H2. The van der Waals surface area contributed by atoms with Crippen LogP contribution in [0.25, 0.3) is 0 Å². The Morgan fingerprint density at radius 3 is 3.05 bits per heavy atom. The molecule has 0 saturated carbocycles. The van der Waals surface area contributed by atoms with Gasteiger partial charge in [0.25, 0.3) is 0 Å². The highest BCUT2D eigenvalue weighted by Crippen LogP contribution is 2.21. The predicted molar refractivity (Wildman–Crippen MR) is 92.8 cm³/mol. The average Bonchev–Trinajstić information content (AvgIpc) is 2.49. The molecule has 2 aliphatic rings. The Balaban J connectivity index is 1.50. The van der Waals surface area contributed by atoms with Gasteiger partial charge in [-0.05, 0) is 69.4 Å². The number of hydrogen-bond donors (Lipinski definition) is 2. The van der Waals surface area contributed by atoms with Crippen molar-refractivity contribution >= 4 is 21.6 Å². The lowest BCUT2D eigenvalue weighted by molar-refractivity contribution is 0.171. The van der Waals surface area contributed by atoms with E-state index in [-0.39, 0.29) is 0 Å². The fourth-order valence-electron chi connectivity index (χ4n) is 3.60. The minimum atomic E-state index is 0.588. The highest BCUT2D eigenvalue weighted by molar-refractivity contribution is 9.10. The molecular weight excluding hydrogens is 326 g/mol. The molecule has 0 aromatic heterocycles. The van der Waals surface area contributed by atoms with Gasteiger partial charge in [0.15, 0.2) is 0 Å². The van der Waals surface area contributed by atoms with Crippen LogP contribution < -0.4 is 10.6 Å². The molecule has 2 fully saturated rings. The minimum Gasteiger partial charge on any atom is -0.381 e. The van der Waals surface area contributed by atoms with Crippen LogP contribution in [0.5, 0.6) is 0 Å². The van der Waals surface area contributed by atoms with Gasteiger partial charge in [-0.3, -0.25) is 0 Å². The highest BCUT2D eigenvalue weighted by Gasteiger charge is 2.23. The Morgan fingerprint density at radius 1 is 1.29 bits per heavy atom. The highest BCUT2D eigenvalue weighted by atomic mass is 79.9. The molecule has 0 amide bonds. The van der Waals surface area contributed by atoms with Crippen molar-refractivity contribution in [3.05, 3.63) is 28.7 Å². The van der Waals surface area contributed by atoms with Crippen molar-refractivity contribution in [1.82, 2.24) is 10.2 Å². The Labute approximate surface area is 136 Å². The van der Waals surface area contributed by atoms with Crippen molar-refractivity contribution in [3.63, 3.8) is 0 Å². The Hall–Kier alpha value is -0.580. The maximum absolute atomic E-state index is 3.70. The Kier molecular flexibility index (Phi) is 5.55. The summed E-state index contributed by atoms with van der Waals surface area (Å²) >= 11 is 3.55. The second kappa shape index (κ2) is 7.61. The predicted octanol–water partition coefficient (Wildman–Crippen LogP) is 3.33. The monoisotopic (exact) mass is 351 g/mol. The average molecular weight is 352 g/mol. The molecule has 0 bridgehead atoms. The fourth-order valence-corrected chi connectivity index (χ4v) is 4.00. The first-order chi connectivity index (χ1) is 10.3. The summed E-state index contributed by atoms with van der Waals surface area (Å²) in [6.07, 6.45) is 5.34. The van der Waals surface area contributed by atoms with E-state index in [0.717, 1.165) is 10.4 Å². The molecule has 3 nitrogen and oxygen atoms in total. The van der Waals surface area contributed by atoms with Crippen molar-refractivity contribution in [3.8, 4) is 0 Å². The van der Waals surface area contributed by atoms with E-state index in [1.165, 1.54) is 64.1 Å². The van der Waals surface area contributed by atoms with Crippen molar-refractivity contribution < 1.29 is 0 Å². The number of hydrogen-bond acceptors (Lipinski definition) is 3. The molecular formula is C17H26BrN3. The van der Waals surface area contributed by atoms with Gasteiger partial charge in [-0.1, -0.05) is 22.0 Å². The zero-order chi connectivity index (χ0) is 14.5. The van der Waals surface area contributed by atoms with Crippen molar-refractivity contribution in [2.24, 2.45) is 5.92 Å². The summed E-state index contributed by atoms with van der Waals surface area (Å²) in [7, 11) is 0. The number of nitrogens with zero attached hydrogens (tertiary/aromatic N) is 1. The third-order valence-corrected chi connectivity index (χ3v) is 5.11. The van der Waals surface area contributed by atoms with Crippen LogP contribution in [0.15, 0.2) is 28.7 Å². The molecule has 2 unspecified atom stereocenters. The zero-order valence-corrected chi connectivity index (χ0v) is 14.2. The lowest BCUT2D eigenvalue weighted by Gasteiger charge is -2.36. The van der Waals surface area contributed by atoms with Gasteiger partial charge >= 0.3 is 0 Å². The molecule has 2 atom stereocenters. The van der Waals surface area contributed by atoms with E-state index in [2.05, 4.69) is 55.7 Å². The molecule has 2 aliphatic heterocycles. The van der Waals surface area contributed by atoms with Gasteiger partial charge in [0.05, 0.1) is 0 Å². The van der Waals surface area contributed by atoms with Crippen molar-refractivity contribution in [1.29, 1.82) is 0 Å². The lowest BCUT2D eigenvalue weighted by atomic mass is 9.97. The summed E-state index contributed by atoms with van der Waals surface area (Å²) in [6.45, 7) is 6.14. The van der Waals surface area contributed by atoms with Crippen LogP contribution >= 0.6 is 15.9 Å². The number of benzene rings is 1. The molecule has 1 aromatic carbocycles. The van der Waals surface area contributed by atoms with Gasteiger partial charge < -0.3 is 15.5 Å². The zero-order valence-electron chi connectivity index (χ0n) is 12.7. The van der Waals surface area contributed by atoms with E-state index >= 15 is 0 Å². The summed E-state index contributed by atoms with van der Waals surface area (Å²) in [5.41, 5.74) is 1.23. The van der Waals surface area contributed by atoms with E-state index < -0.39 is 0 Å². The molecule has 2 saturated heterocycles. The second-order valence-corrected chi connectivity index (χ2v) is 7.38. The van der Waals surface area contributed by atoms with E-state index in [0.29, 0.717) is 6.04 Å². The van der Waals surface area contributed by atoms with Crippen molar-refractivity contribution in [2.45, 2.75) is 31.7 Å². The second-order valence-electron chi connectivity index (χ2n) is 6.47. The van der Waals surface area contributed by atoms with Crippen LogP contribution in [-0.2, 0) is 0 Å². The largest absolute Gasteiger partial charge is 0.381 e. The van der Waals surface area contributed by atoms with Crippen LogP contribution in [0.4, 0.5) is 5.69 Å². The van der Waals surface area contributed by atoms with E-state index in [4.69, 9.17) is 0 Å². The number of rotatable bonds is 4. The summed E-state index contributed by atoms with van der Waals surface area (Å²) in [6, 6.07) is 9.10. The molecule has 1 aromatic rings. The fraction of sp³-hybridized carbons (Fsp3) is 0.647. The smallest absolute Gasteiger partial charge is 0.0388 e. The minimum absolute atomic E-state index is 0.588. The van der Waals surface area contributed by atoms with Gasteiger partial charge in [-0.15, -0.1) is 0 Å². The number of anilines is 1. The quantitative estimate of drug-likeness (QED) is 0.871. The van der Waals surface area contributed by atoms with E-state index in [1.54, 1.807) is 0 Å². The number of nitrogens with one attached hydrogen (secondary N) is 2. The van der Waals surface area contributed by atoms with Crippen molar-refractivity contribution in [2.75, 3.05) is 38.0 Å². The number of halogens is 1. The summed E-state index contributed by atoms with van der Waals surface area (Å²) in [4.78, 5) is 2.66. The van der Waals surface area contributed by atoms with Crippen LogP contribution in [0.2, 0.25) is 0 Å². The molecule has 2 heterocycles. The van der Waals surface area contributed by atoms with Crippen LogP contribution in [0.1, 0.15) is 25.7 Å². The van der Waals surface area contributed by atoms with Gasteiger partial charge in [0.1, 0.15) is 0 Å². The van der Waals surface area contributed by atoms with Gasteiger partial charge in [0, 0.05) is 29.3 Å². The first-order valence-electron chi connectivity index (χ1n) is 8.25. The van der Waals surface area contributed by atoms with E-state index in [9.17, 15) is 0 Å². The summed E-state index contributed by atoms with van der Waals surface area (Å²) < 4.78 is 1.15. The molecule has 21 heavy (non-hydrogen) atoms. The Bertz CT molecular complexity index is 445. The first-order valence-corrected chi connectivity index (χ1v) is 9.04. The molecule has 116 valence electrons. The van der Waals surface area contributed by atoms with Crippen LogP contribution in [0, 0.1) is 5.92 Å². The molecule has 2 N–H and O–H groups in total. The number of likely N-dealkylation sites (tertiary alicyclic amines) is 1. The molecule has 0 spiro atoms. The SMILES string of the molecule is Brc1cccc(NC2CCCN(CC3CCCNC3)C2)c1. The van der Waals surface area contributed by atoms with Gasteiger partial charge in [-0.25, -0.2) is 0 Å². The maximum atomic E-state index is 3.70. The lowest BCUT2D eigenvalue weighted by Crippen LogP contribution is -2.46. The molecule has 0 aliphatic carbocycles. The summed E-state index contributed by atoms with van der Waals surface area (Å²) in [5.74, 6) is 0.850. The molecule has 0 radical (unpaired) electrons. The van der Waals surface area contributed by atoms with Crippen LogP contribution in [0.3, 0.4) is 0 Å². The molecule has 3 rings (SSSR count). The van der Waals surface area contributed by atoms with Crippen LogP contribution in [-0.4, -0.2) is 43.7 Å². The third kappa shape index (κ3) is 4.70. The topological polar surface area (TPSA) is 27.3 Å². The Morgan fingerprint density at radius 2 is 2.24 bits per heavy atom. The van der Waals surface area contributed by atoms with Gasteiger partial charge in [0.2, 0.25) is 0 Å². The number of piperidine rings is 2.